The number of nitrogens with one attached hydrogen (secondary N) is 2. The minimum absolute atomic E-state index is 0.125. The van der Waals surface area contributed by atoms with Gasteiger partial charge in [-0.15, -0.1) is 0 Å². The molecule has 158 valence electrons. The predicted molar refractivity (Wildman–Crippen MR) is 95.8 cm³/mol. The van der Waals surface area contributed by atoms with E-state index in [0.717, 1.165) is 38.2 Å². The van der Waals surface area contributed by atoms with Gasteiger partial charge in [-0.2, -0.15) is 0 Å². The summed E-state index contributed by atoms with van der Waals surface area (Å²) < 4.78 is 5.20. The zero-order valence-electron chi connectivity index (χ0n) is 15.7. The molecule has 10 heteroatoms. The van der Waals surface area contributed by atoms with Gasteiger partial charge in [-0.25, -0.2) is 4.79 Å². The van der Waals surface area contributed by atoms with Crippen LogP contribution < -0.4 is 10.6 Å². The van der Waals surface area contributed by atoms with E-state index >= 15 is 0 Å². The Morgan fingerprint density at radius 1 is 1.21 bits per heavy atom. The van der Waals surface area contributed by atoms with Crippen LogP contribution in [0.15, 0.2) is 11.8 Å². The highest BCUT2D eigenvalue weighted by Crippen LogP contribution is 2.24. The number of rotatable bonds is 7. The predicted octanol–water partition coefficient (Wildman–Crippen LogP) is -1.36. The molecule has 0 spiro atoms. The molecule has 28 heavy (non-hydrogen) atoms. The van der Waals surface area contributed by atoms with Crippen molar-refractivity contribution in [3.63, 3.8) is 0 Å². The third kappa shape index (κ3) is 5.66. The van der Waals surface area contributed by atoms with Crippen molar-refractivity contribution >= 4 is 17.8 Å². The Morgan fingerprint density at radius 2 is 1.86 bits per heavy atom. The fourth-order valence-corrected chi connectivity index (χ4v) is 3.57. The Bertz CT molecular complexity index is 617. The van der Waals surface area contributed by atoms with E-state index in [1.54, 1.807) is 0 Å². The van der Waals surface area contributed by atoms with Crippen LogP contribution in [0.1, 0.15) is 39.0 Å². The molecule has 2 rings (SSSR count). The number of amides is 2. The highest BCUT2D eigenvalue weighted by Gasteiger charge is 2.43. The summed E-state index contributed by atoms with van der Waals surface area (Å²) in [5, 5.41) is 44.9. The Kier molecular flexibility index (Phi) is 7.78. The van der Waals surface area contributed by atoms with Crippen LogP contribution in [0.2, 0.25) is 0 Å². The van der Waals surface area contributed by atoms with Crippen molar-refractivity contribution in [2.45, 2.75) is 69.5 Å². The molecule has 2 aliphatic rings. The van der Waals surface area contributed by atoms with Crippen LogP contribution >= 0.6 is 0 Å². The second-order valence-electron chi connectivity index (χ2n) is 7.27. The van der Waals surface area contributed by atoms with Crippen molar-refractivity contribution in [2.75, 3.05) is 6.54 Å². The standard InChI is InChI=1S/C18H28N2O8/c1-9(21)20-14-11(22)7-13(18(26)27)28-16(14)15(24)12(23)8-19-17(25)10-5-3-2-4-6-10/h7,10-12,14-16,22-24H,2-6,8H2,1H3,(H,19,25)(H,20,21)(H,26,27)/t11-,12+,14+,15+,16+/m0/s1. The summed E-state index contributed by atoms with van der Waals surface area (Å²) in [6, 6.07) is -1.17. The molecule has 0 unspecified atom stereocenters. The maximum Gasteiger partial charge on any atom is 0.370 e. The number of ether oxygens (including phenoxy) is 1. The highest BCUT2D eigenvalue weighted by atomic mass is 16.5. The fraction of sp³-hybridized carbons (Fsp3) is 0.722. The molecule has 1 saturated carbocycles. The number of aliphatic hydroxyl groups is 3. The van der Waals surface area contributed by atoms with E-state index in [1.807, 2.05) is 0 Å². The summed E-state index contributed by atoms with van der Waals surface area (Å²) in [6.45, 7) is 0.915. The van der Waals surface area contributed by atoms with Crippen molar-refractivity contribution < 1.29 is 39.5 Å². The van der Waals surface area contributed by atoms with Crippen molar-refractivity contribution in [2.24, 2.45) is 5.92 Å². The normalized spacial score (nSPS) is 27.7. The van der Waals surface area contributed by atoms with Gasteiger partial charge in [0.15, 0.2) is 6.10 Å². The van der Waals surface area contributed by atoms with Crippen molar-refractivity contribution in [1.82, 2.24) is 10.6 Å². The summed E-state index contributed by atoms with van der Waals surface area (Å²) in [5.41, 5.74) is 0. The van der Waals surface area contributed by atoms with Gasteiger partial charge in [0.2, 0.25) is 17.6 Å². The SMILES string of the molecule is CC(=O)N[C@H]1[C@H]([C@H](O)[C@H](O)CNC(=O)C2CCCCC2)OC(C(=O)O)=C[C@@H]1O. The number of carbonyl (C=O) groups excluding carboxylic acids is 2. The summed E-state index contributed by atoms with van der Waals surface area (Å²) in [5.74, 6) is -2.93. The van der Waals surface area contributed by atoms with Gasteiger partial charge in [0, 0.05) is 19.4 Å². The lowest BCUT2D eigenvalue weighted by molar-refractivity contribution is -0.148. The zero-order chi connectivity index (χ0) is 20.8. The number of hydrogen-bond acceptors (Lipinski definition) is 7. The third-order valence-corrected chi connectivity index (χ3v) is 5.08. The van der Waals surface area contributed by atoms with Gasteiger partial charge in [-0.1, -0.05) is 19.3 Å². The summed E-state index contributed by atoms with van der Waals surface area (Å²) in [7, 11) is 0. The van der Waals surface area contributed by atoms with Crippen LogP contribution in [0.4, 0.5) is 0 Å². The summed E-state index contributed by atoms with van der Waals surface area (Å²) in [6.07, 6.45) is -0.516. The summed E-state index contributed by atoms with van der Waals surface area (Å²) in [4.78, 5) is 34.7. The molecular weight excluding hydrogens is 372 g/mol. The molecule has 2 amide bonds. The van der Waals surface area contributed by atoms with Crippen molar-refractivity contribution in [3.8, 4) is 0 Å². The van der Waals surface area contributed by atoms with Gasteiger partial charge in [0.05, 0.1) is 6.04 Å². The zero-order valence-corrected chi connectivity index (χ0v) is 15.7. The minimum atomic E-state index is -1.67. The van der Waals surface area contributed by atoms with E-state index in [4.69, 9.17) is 9.84 Å². The van der Waals surface area contributed by atoms with Gasteiger partial charge in [-0.05, 0) is 18.9 Å². The molecule has 10 nitrogen and oxygen atoms in total. The topological polar surface area (TPSA) is 165 Å². The number of carboxylic acids is 1. The van der Waals surface area contributed by atoms with E-state index in [9.17, 15) is 29.7 Å². The fourth-order valence-electron chi connectivity index (χ4n) is 3.57. The first kappa shape index (κ1) is 22.1. The molecule has 0 aromatic rings. The monoisotopic (exact) mass is 400 g/mol. The van der Waals surface area contributed by atoms with Crippen molar-refractivity contribution in [1.29, 1.82) is 0 Å². The molecule has 0 radical (unpaired) electrons. The van der Waals surface area contributed by atoms with Crippen molar-refractivity contribution in [3.05, 3.63) is 11.8 Å². The molecule has 1 aliphatic heterocycles. The van der Waals surface area contributed by atoms with Gasteiger partial charge in [0.25, 0.3) is 0 Å². The smallest absolute Gasteiger partial charge is 0.370 e. The molecule has 1 aliphatic carbocycles. The molecule has 0 aromatic carbocycles. The van der Waals surface area contributed by atoms with Crippen LogP contribution in [-0.2, 0) is 19.1 Å². The average Bonchev–Trinajstić information content (AvgIpc) is 2.66. The molecule has 1 fully saturated rings. The third-order valence-electron chi connectivity index (χ3n) is 5.08. The molecule has 0 aromatic heterocycles. The van der Waals surface area contributed by atoms with Gasteiger partial charge < -0.3 is 35.8 Å². The van der Waals surface area contributed by atoms with Crippen LogP contribution in [-0.4, -0.2) is 75.2 Å². The quantitative estimate of drug-likeness (QED) is 0.305. The molecule has 5 atom stereocenters. The first-order valence-corrected chi connectivity index (χ1v) is 9.41. The van der Waals surface area contributed by atoms with E-state index in [-0.39, 0.29) is 18.4 Å². The number of carboxylic acid groups (broad SMARTS) is 1. The largest absolute Gasteiger partial charge is 0.478 e. The molecule has 0 bridgehead atoms. The van der Waals surface area contributed by atoms with E-state index in [1.165, 1.54) is 6.92 Å². The average molecular weight is 400 g/mol. The van der Waals surface area contributed by atoms with Gasteiger partial charge >= 0.3 is 5.97 Å². The van der Waals surface area contributed by atoms with E-state index in [0.29, 0.717) is 0 Å². The van der Waals surface area contributed by atoms with Crippen LogP contribution in [0.5, 0.6) is 0 Å². The molecule has 0 saturated heterocycles. The van der Waals surface area contributed by atoms with Crippen LogP contribution in [0.25, 0.3) is 0 Å². The van der Waals surface area contributed by atoms with Crippen LogP contribution in [0.3, 0.4) is 0 Å². The Morgan fingerprint density at radius 3 is 2.43 bits per heavy atom. The maximum atomic E-state index is 12.2. The lowest BCUT2D eigenvalue weighted by atomic mass is 9.88. The number of aliphatic carboxylic acids is 1. The first-order chi connectivity index (χ1) is 13.2. The maximum absolute atomic E-state index is 12.2. The lowest BCUT2D eigenvalue weighted by Crippen LogP contribution is -2.60. The molecular formula is C18H28N2O8. The van der Waals surface area contributed by atoms with E-state index < -0.39 is 48.1 Å². The first-order valence-electron chi connectivity index (χ1n) is 9.41. The van der Waals surface area contributed by atoms with E-state index in [2.05, 4.69) is 10.6 Å². The number of hydrogen-bond donors (Lipinski definition) is 6. The molecule has 6 N–H and O–H groups in total. The Hall–Kier alpha value is -2.17. The Labute approximate surface area is 162 Å². The number of carbonyl (C=O) groups is 3. The summed E-state index contributed by atoms with van der Waals surface area (Å²) >= 11 is 0. The van der Waals surface area contributed by atoms with Gasteiger partial charge in [0.1, 0.15) is 18.3 Å². The minimum Gasteiger partial charge on any atom is -0.478 e. The van der Waals surface area contributed by atoms with Crippen LogP contribution in [0, 0.1) is 5.92 Å². The second-order valence-corrected chi connectivity index (χ2v) is 7.27. The lowest BCUT2D eigenvalue weighted by Gasteiger charge is -2.38. The second kappa shape index (κ2) is 9.85. The van der Waals surface area contributed by atoms with Gasteiger partial charge in [-0.3, -0.25) is 9.59 Å². The Balaban J connectivity index is 2.02. The number of aliphatic hydroxyl groups excluding tert-OH is 3. The molecule has 1 heterocycles. The highest BCUT2D eigenvalue weighted by molar-refractivity contribution is 5.84.